The summed E-state index contributed by atoms with van der Waals surface area (Å²) in [6.07, 6.45) is 0. The van der Waals surface area contributed by atoms with Gasteiger partial charge in [-0.25, -0.2) is 19.7 Å². The summed E-state index contributed by atoms with van der Waals surface area (Å²) in [5, 5.41) is 3.87. The molecule has 0 saturated heterocycles. The van der Waals surface area contributed by atoms with Gasteiger partial charge in [0.2, 0.25) is 5.91 Å². The molecule has 4 aromatic rings. The third-order valence-electron chi connectivity index (χ3n) is 4.26. The van der Waals surface area contributed by atoms with Crippen molar-refractivity contribution in [2.24, 2.45) is 14.1 Å². The Hall–Kier alpha value is -3.05. The van der Waals surface area contributed by atoms with E-state index in [1.807, 2.05) is 24.3 Å². The number of thiazole rings is 1. The van der Waals surface area contributed by atoms with Gasteiger partial charge < -0.3 is 5.32 Å². The number of para-hydroxylation sites is 1. The van der Waals surface area contributed by atoms with Gasteiger partial charge in [-0.1, -0.05) is 35.2 Å². The third-order valence-corrected chi connectivity index (χ3v) is 6.19. The van der Waals surface area contributed by atoms with Crippen molar-refractivity contribution in [3.8, 4) is 0 Å². The number of nitrogens with zero attached hydrogens (tertiary/aromatic N) is 5. The fourth-order valence-corrected chi connectivity index (χ4v) is 4.59. The second-order valence-corrected chi connectivity index (χ2v) is 8.30. The van der Waals surface area contributed by atoms with Crippen LogP contribution >= 0.6 is 23.1 Å². The predicted octanol–water partition coefficient (Wildman–Crippen LogP) is 1.68. The number of anilines is 1. The highest BCUT2D eigenvalue weighted by atomic mass is 32.2. The topological polar surface area (TPSA) is 112 Å². The molecule has 3 heterocycles. The van der Waals surface area contributed by atoms with Crippen molar-refractivity contribution in [1.29, 1.82) is 0 Å². The zero-order chi connectivity index (χ0) is 20.7. The monoisotopic (exact) mass is 428 g/mol. The number of rotatable bonds is 4. The highest BCUT2D eigenvalue weighted by molar-refractivity contribution is 8.00. The van der Waals surface area contributed by atoms with Crippen LogP contribution in [0.1, 0.15) is 5.82 Å². The van der Waals surface area contributed by atoms with Crippen LogP contribution in [-0.2, 0) is 18.9 Å². The fourth-order valence-electron chi connectivity index (χ4n) is 2.85. The lowest BCUT2D eigenvalue weighted by Gasteiger charge is -2.10. The molecular weight excluding hydrogens is 412 g/mol. The van der Waals surface area contributed by atoms with Gasteiger partial charge in [-0.2, -0.15) is 0 Å². The average molecular weight is 428 g/mol. The molecule has 0 spiro atoms. The summed E-state index contributed by atoms with van der Waals surface area (Å²) in [5.74, 6) is 0.183. The predicted molar refractivity (Wildman–Crippen MR) is 114 cm³/mol. The van der Waals surface area contributed by atoms with Crippen LogP contribution in [0, 0.1) is 6.92 Å². The third kappa shape index (κ3) is 3.54. The number of fused-ring (bicyclic) bond motifs is 2. The van der Waals surface area contributed by atoms with Gasteiger partial charge in [-0.15, -0.1) is 0 Å². The van der Waals surface area contributed by atoms with Gasteiger partial charge in [0.15, 0.2) is 10.8 Å². The van der Waals surface area contributed by atoms with Crippen LogP contribution in [0.3, 0.4) is 0 Å². The Bertz CT molecular complexity index is 1360. The number of aryl methyl sites for hydroxylation is 2. The second-order valence-electron chi connectivity index (χ2n) is 6.30. The normalized spacial score (nSPS) is 11.3. The first-order chi connectivity index (χ1) is 13.8. The first kappa shape index (κ1) is 19.3. The minimum Gasteiger partial charge on any atom is -0.301 e. The lowest BCUT2D eigenvalue weighted by atomic mass is 10.3. The number of carbonyl (C=O) groups excluding carboxylic acids is 1. The van der Waals surface area contributed by atoms with E-state index in [9.17, 15) is 14.4 Å². The van der Waals surface area contributed by atoms with Crippen LogP contribution in [0.25, 0.3) is 21.3 Å². The van der Waals surface area contributed by atoms with E-state index in [2.05, 4.69) is 20.3 Å². The molecule has 1 N–H and O–H groups in total. The summed E-state index contributed by atoms with van der Waals surface area (Å²) < 4.78 is 3.29. The molecule has 0 aliphatic heterocycles. The molecule has 1 amide bonds. The van der Waals surface area contributed by atoms with Crippen LogP contribution < -0.4 is 16.6 Å². The zero-order valence-electron chi connectivity index (χ0n) is 15.8. The maximum Gasteiger partial charge on any atom is 0.332 e. The molecule has 0 aliphatic rings. The van der Waals surface area contributed by atoms with E-state index >= 15 is 0 Å². The van der Waals surface area contributed by atoms with Gasteiger partial charge in [-0.3, -0.25) is 18.7 Å². The van der Waals surface area contributed by atoms with E-state index in [0.717, 1.165) is 26.5 Å². The summed E-state index contributed by atoms with van der Waals surface area (Å²) in [7, 11) is 2.95. The number of hydrogen-bond donors (Lipinski definition) is 1. The van der Waals surface area contributed by atoms with Gasteiger partial charge >= 0.3 is 5.69 Å². The number of carbonyl (C=O) groups is 1. The van der Waals surface area contributed by atoms with E-state index in [1.54, 1.807) is 14.0 Å². The second kappa shape index (κ2) is 7.41. The van der Waals surface area contributed by atoms with Crippen molar-refractivity contribution in [3.63, 3.8) is 0 Å². The lowest BCUT2D eigenvalue weighted by molar-refractivity contribution is -0.113. The fraction of sp³-hybridized carbons (Fsp3) is 0.222. The van der Waals surface area contributed by atoms with E-state index in [0.29, 0.717) is 16.0 Å². The van der Waals surface area contributed by atoms with Gasteiger partial charge in [0, 0.05) is 14.1 Å². The van der Waals surface area contributed by atoms with Crippen molar-refractivity contribution >= 4 is 55.4 Å². The largest absolute Gasteiger partial charge is 0.332 e. The molecule has 1 aromatic carbocycles. The molecule has 0 saturated carbocycles. The molecule has 148 valence electrons. The maximum atomic E-state index is 12.6. The van der Waals surface area contributed by atoms with Crippen molar-refractivity contribution in [2.45, 2.75) is 11.9 Å². The van der Waals surface area contributed by atoms with Gasteiger partial charge in [-0.05, 0) is 19.1 Å². The van der Waals surface area contributed by atoms with E-state index in [1.165, 1.54) is 23.0 Å². The number of amides is 1. The van der Waals surface area contributed by atoms with E-state index in [-0.39, 0.29) is 22.7 Å². The number of thioether (sulfide) groups is 1. The molecule has 29 heavy (non-hydrogen) atoms. The minimum absolute atomic E-state index is 0.0352. The van der Waals surface area contributed by atoms with Crippen LogP contribution in [0.15, 0.2) is 38.9 Å². The average Bonchev–Trinajstić information content (AvgIpc) is 3.10. The number of nitrogens with one attached hydrogen (secondary N) is 1. The van der Waals surface area contributed by atoms with Crippen molar-refractivity contribution in [3.05, 3.63) is 50.9 Å². The zero-order valence-corrected chi connectivity index (χ0v) is 17.4. The van der Waals surface area contributed by atoms with Crippen LogP contribution in [0.2, 0.25) is 0 Å². The van der Waals surface area contributed by atoms with Crippen molar-refractivity contribution in [2.75, 3.05) is 11.1 Å². The lowest BCUT2D eigenvalue weighted by Crippen LogP contribution is -2.37. The summed E-state index contributed by atoms with van der Waals surface area (Å²) in [4.78, 5) is 50.1. The molecule has 0 aliphatic carbocycles. The Kier molecular flexibility index (Phi) is 4.92. The summed E-state index contributed by atoms with van der Waals surface area (Å²) in [6.45, 7) is 1.67. The molecule has 0 fully saturated rings. The van der Waals surface area contributed by atoms with E-state index < -0.39 is 11.2 Å². The molecule has 9 nitrogen and oxygen atoms in total. The summed E-state index contributed by atoms with van der Waals surface area (Å²) >= 11 is 2.51. The number of hydrogen-bond acceptors (Lipinski definition) is 8. The molecule has 4 rings (SSSR count). The molecular formula is C18H16N6O3S2. The molecule has 11 heteroatoms. The van der Waals surface area contributed by atoms with Gasteiger partial charge in [0.05, 0.1) is 16.0 Å². The quantitative estimate of drug-likeness (QED) is 0.389. The highest BCUT2D eigenvalue weighted by Gasteiger charge is 2.17. The SMILES string of the molecule is Cc1nc(SCC(=O)Nc2nc3ccccc3s2)c2c(=O)n(C)c(=O)n(C)c2n1. The molecule has 3 aromatic heterocycles. The Balaban J connectivity index is 1.61. The van der Waals surface area contributed by atoms with E-state index in [4.69, 9.17) is 0 Å². The Morgan fingerprint density at radius 2 is 1.90 bits per heavy atom. The molecule has 0 bridgehead atoms. The van der Waals surface area contributed by atoms with Crippen LogP contribution in [-0.4, -0.2) is 35.7 Å². The first-order valence-electron chi connectivity index (χ1n) is 8.57. The molecule has 0 atom stereocenters. The Morgan fingerprint density at radius 1 is 1.14 bits per heavy atom. The highest BCUT2D eigenvalue weighted by Crippen LogP contribution is 2.26. The molecule has 0 unspecified atom stereocenters. The van der Waals surface area contributed by atoms with Crippen LogP contribution in [0.4, 0.5) is 5.13 Å². The standard InChI is InChI=1S/C18H16N6O3S2/c1-9-19-14-13(16(26)24(3)18(27)23(14)2)15(20-9)28-8-12(25)22-17-21-10-6-4-5-7-11(10)29-17/h4-7H,8H2,1-3H3,(H,21,22,25). The first-order valence-corrected chi connectivity index (χ1v) is 10.4. The number of aromatic nitrogens is 5. The van der Waals surface area contributed by atoms with Gasteiger partial charge in [0.1, 0.15) is 16.2 Å². The Labute approximate surface area is 172 Å². The maximum absolute atomic E-state index is 12.6. The smallest absolute Gasteiger partial charge is 0.301 e. The van der Waals surface area contributed by atoms with Crippen LogP contribution in [0.5, 0.6) is 0 Å². The number of benzene rings is 1. The molecule has 0 radical (unpaired) electrons. The van der Waals surface area contributed by atoms with Crippen molar-refractivity contribution in [1.82, 2.24) is 24.1 Å². The summed E-state index contributed by atoms with van der Waals surface area (Å²) in [6, 6.07) is 7.62. The van der Waals surface area contributed by atoms with Gasteiger partial charge in [0.25, 0.3) is 5.56 Å². The Morgan fingerprint density at radius 3 is 2.66 bits per heavy atom. The minimum atomic E-state index is -0.489. The van der Waals surface area contributed by atoms with Crippen molar-refractivity contribution < 1.29 is 4.79 Å². The summed E-state index contributed by atoms with van der Waals surface area (Å²) in [5.41, 5.74) is 0.115.